The Morgan fingerprint density at radius 3 is 2.54 bits per heavy atom. The van der Waals surface area contributed by atoms with Crippen molar-refractivity contribution < 1.29 is 14.6 Å². The molecule has 0 bridgehead atoms. The number of hydrogen-bond donors (Lipinski definition) is 2. The van der Waals surface area contributed by atoms with Crippen molar-refractivity contribution in [2.75, 3.05) is 6.61 Å². The van der Waals surface area contributed by atoms with Crippen molar-refractivity contribution in [1.82, 2.24) is 5.32 Å². The Morgan fingerprint density at radius 2 is 1.79 bits per heavy atom. The van der Waals surface area contributed by atoms with E-state index in [0.29, 0.717) is 6.61 Å². The molecule has 2 aromatic carbocycles. The van der Waals surface area contributed by atoms with E-state index in [4.69, 9.17) is 9.47 Å². The lowest BCUT2D eigenvalue weighted by atomic mass is 10.1. The van der Waals surface area contributed by atoms with Crippen LogP contribution in [0, 0.1) is 0 Å². The first-order chi connectivity index (χ1) is 11.8. The van der Waals surface area contributed by atoms with Crippen LogP contribution in [0.5, 0.6) is 11.5 Å². The van der Waals surface area contributed by atoms with Crippen LogP contribution in [0.4, 0.5) is 0 Å². The standard InChI is InChI=1S/C20H23NO3/c22-17-5-3-4-16(17)21-12-14-8-10-15(11-9-14)20-13-23-18-6-1-2-7-19(18)24-20/h1-2,6-11,16-17,20-22H,3-5,12-13H2/t16-,17-,20+/m0/s1. The average Bonchev–Trinajstić information content (AvgIpc) is 3.05. The molecule has 0 saturated heterocycles. The molecule has 0 amide bonds. The van der Waals surface area contributed by atoms with E-state index >= 15 is 0 Å². The number of ether oxygens (including phenoxy) is 2. The van der Waals surface area contributed by atoms with E-state index in [1.165, 1.54) is 5.56 Å². The van der Waals surface area contributed by atoms with E-state index in [1.54, 1.807) is 0 Å². The molecule has 2 N–H and O–H groups in total. The molecule has 1 saturated carbocycles. The van der Waals surface area contributed by atoms with Crippen molar-refractivity contribution in [3.8, 4) is 11.5 Å². The van der Waals surface area contributed by atoms with Crippen LogP contribution in [-0.2, 0) is 6.54 Å². The van der Waals surface area contributed by atoms with E-state index in [2.05, 4.69) is 29.6 Å². The Morgan fingerprint density at radius 1 is 1.00 bits per heavy atom. The van der Waals surface area contributed by atoms with Crippen LogP contribution in [0.2, 0.25) is 0 Å². The van der Waals surface area contributed by atoms with Crippen LogP contribution in [-0.4, -0.2) is 23.9 Å². The van der Waals surface area contributed by atoms with Crippen LogP contribution in [0.3, 0.4) is 0 Å². The highest BCUT2D eigenvalue weighted by Gasteiger charge is 2.24. The zero-order chi connectivity index (χ0) is 16.4. The van der Waals surface area contributed by atoms with E-state index in [1.807, 2.05) is 24.3 Å². The third-order valence-electron chi connectivity index (χ3n) is 4.91. The zero-order valence-corrected chi connectivity index (χ0v) is 13.7. The van der Waals surface area contributed by atoms with Gasteiger partial charge in [-0.15, -0.1) is 0 Å². The van der Waals surface area contributed by atoms with E-state index < -0.39 is 0 Å². The fraction of sp³-hybridized carbons (Fsp3) is 0.400. The predicted octanol–water partition coefficient (Wildman–Crippen LogP) is 3.20. The molecule has 0 unspecified atom stereocenters. The number of para-hydroxylation sites is 2. The minimum Gasteiger partial charge on any atom is -0.485 e. The Labute approximate surface area is 142 Å². The van der Waals surface area contributed by atoms with Crippen LogP contribution < -0.4 is 14.8 Å². The molecule has 3 atom stereocenters. The van der Waals surface area contributed by atoms with Gasteiger partial charge in [0, 0.05) is 12.6 Å². The topological polar surface area (TPSA) is 50.7 Å². The number of fused-ring (bicyclic) bond motifs is 1. The van der Waals surface area contributed by atoms with Gasteiger partial charge in [0.15, 0.2) is 17.6 Å². The van der Waals surface area contributed by atoms with Crippen molar-refractivity contribution in [2.24, 2.45) is 0 Å². The summed E-state index contributed by atoms with van der Waals surface area (Å²) < 4.78 is 11.8. The van der Waals surface area contributed by atoms with Gasteiger partial charge in [-0.1, -0.05) is 36.4 Å². The first-order valence-electron chi connectivity index (χ1n) is 8.68. The highest BCUT2D eigenvalue weighted by atomic mass is 16.6. The van der Waals surface area contributed by atoms with Gasteiger partial charge in [-0.3, -0.25) is 0 Å². The van der Waals surface area contributed by atoms with Gasteiger partial charge < -0.3 is 19.9 Å². The maximum absolute atomic E-state index is 9.87. The summed E-state index contributed by atoms with van der Waals surface area (Å²) in [5, 5.41) is 13.3. The Hall–Kier alpha value is -2.04. The van der Waals surface area contributed by atoms with E-state index in [0.717, 1.165) is 42.9 Å². The second-order valence-corrected chi connectivity index (χ2v) is 6.59. The Balaban J connectivity index is 1.37. The summed E-state index contributed by atoms with van der Waals surface area (Å²) in [7, 11) is 0. The molecule has 2 aromatic rings. The second kappa shape index (κ2) is 6.83. The molecule has 2 aliphatic rings. The second-order valence-electron chi connectivity index (χ2n) is 6.59. The largest absolute Gasteiger partial charge is 0.485 e. The molecule has 1 aliphatic heterocycles. The first-order valence-corrected chi connectivity index (χ1v) is 8.68. The zero-order valence-electron chi connectivity index (χ0n) is 13.7. The van der Waals surface area contributed by atoms with Gasteiger partial charge in [0.05, 0.1) is 6.10 Å². The molecule has 126 valence electrons. The molecular formula is C20H23NO3. The molecule has 1 aliphatic carbocycles. The molecule has 0 spiro atoms. The minimum atomic E-state index is -0.197. The van der Waals surface area contributed by atoms with Crippen LogP contribution in [0.15, 0.2) is 48.5 Å². The Kier molecular flexibility index (Phi) is 4.41. The van der Waals surface area contributed by atoms with Gasteiger partial charge in [0.2, 0.25) is 0 Å². The van der Waals surface area contributed by atoms with Crippen molar-refractivity contribution in [3.05, 3.63) is 59.7 Å². The minimum absolute atomic E-state index is 0.0708. The summed E-state index contributed by atoms with van der Waals surface area (Å²) in [6, 6.07) is 16.4. The van der Waals surface area contributed by atoms with Crippen LogP contribution in [0.1, 0.15) is 36.5 Å². The van der Waals surface area contributed by atoms with Crippen LogP contribution in [0.25, 0.3) is 0 Å². The molecule has 4 nitrogen and oxygen atoms in total. The highest BCUT2D eigenvalue weighted by Crippen LogP contribution is 2.35. The molecule has 4 rings (SSSR count). The summed E-state index contributed by atoms with van der Waals surface area (Å²) in [4.78, 5) is 0. The fourth-order valence-corrected chi connectivity index (χ4v) is 3.46. The predicted molar refractivity (Wildman–Crippen MR) is 92.2 cm³/mol. The summed E-state index contributed by atoms with van der Waals surface area (Å²) in [6.07, 6.45) is 2.82. The monoisotopic (exact) mass is 325 g/mol. The van der Waals surface area contributed by atoms with Gasteiger partial charge in [0.1, 0.15) is 6.61 Å². The maximum atomic E-state index is 9.87. The summed E-state index contributed by atoms with van der Waals surface area (Å²) in [5.41, 5.74) is 2.34. The SMILES string of the molecule is O[C@H]1CCC[C@@H]1NCc1ccc([C@H]2COc3ccccc3O2)cc1. The van der Waals surface area contributed by atoms with Gasteiger partial charge in [-0.05, 0) is 42.5 Å². The lowest BCUT2D eigenvalue weighted by molar-refractivity contribution is 0.0913. The summed E-state index contributed by atoms with van der Waals surface area (Å²) in [6.45, 7) is 1.32. The van der Waals surface area contributed by atoms with E-state index in [9.17, 15) is 5.11 Å². The van der Waals surface area contributed by atoms with Crippen molar-refractivity contribution in [1.29, 1.82) is 0 Å². The van der Waals surface area contributed by atoms with Gasteiger partial charge >= 0.3 is 0 Å². The molecule has 4 heteroatoms. The third-order valence-corrected chi connectivity index (χ3v) is 4.91. The maximum Gasteiger partial charge on any atom is 0.162 e. The fourth-order valence-electron chi connectivity index (χ4n) is 3.46. The first kappa shape index (κ1) is 15.5. The lowest BCUT2D eigenvalue weighted by Crippen LogP contribution is -2.35. The average molecular weight is 325 g/mol. The summed E-state index contributed by atoms with van der Waals surface area (Å²) in [5.74, 6) is 1.61. The number of hydrogen-bond acceptors (Lipinski definition) is 4. The van der Waals surface area contributed by atoms with Crippen molar-refractivity contribution in [3.63, 3.8) is 0 Å². The molecule has 1 fully saturated rings. The molecular weight excluding hydrogens is 302 g/mol. The summed E-state index contributed by atoms with van der Waals surface area (Å²) >= 11 is 0. The smallest absolute Gasteiger partial charge is 0.162 e. The number of benzene rings is 2. The lowest BCUT2D eigenvalue weighted by Gasteiger charge is -2.26. The molecule has 0 aromatic heterocycles. The van der Waals surface area contributed by atoms with Crippen molar-refractivity contribution in [2.45, 2.75) is 44.1 Å². The van der Waals surface area contributed by atoms with Gasteiger partial charge in [-0.2, -0.15) is 0 Å². The number of aliphatic hydroxyl groups excluding tert-OH is 1. The molecule has 0 radical (unpaired) electrons. The number of nitrogens with one attached hydrogen (secondary N) is 1. The molecule has 24 heavy (non-hydrogen) atoms. The molecule has 1 heterocycles. The van der Waals surface area contributed by atoms with Gasteiger partial charge in [-0.25, -0.2) is 0 Å². The normalized spacial score (nSPS) is 25.6. The Bertz CT molecular complexity index is 686. The van der Waals surface area contributed by atoms with Crippen molar-refractivity contribution >= 4 is 0 Å². The van der Waals surface area contributed by atoms with Crippen LogP contribution >= 0.6 is 0 Å². The number of aliphatic hydroxyl groups is 1. The van der Waals surface area contributed by atoms with Gasteiger partial charge in [0.25, 0.3) is 0 Å². The number of rotatable bonds is 4. The quantitative estimate of drug-likeness (QED) is 0.906. The van der Waals surface area contributed by atoms with E-state index in [-0.39, 0.29) is 18.2 Å². The third kappa shape index (κ3) is 3.25. The highest BCUT2D eigenvalue weighted by molar-refractivity contribution is 5.41.